The van der Waals surface area contributed by atoms with Gasteiger partial charge in [0.2, 0.25) is 6.79 Å². The van der Waals surface area contributed by atoms with Crippen LogP contribution in [0.2, 0.25) is 0 Å². The van der Waals surface area contributed by atoms with Gasteiger partial charge < -0.3 is 23.7 Å². The van der Waals surface area contributed by atoms with Crippen molar-refractivity contribution >= 4 is 5.97 Å². The lowest BCUT2D eigenvalue weighted by molar-refractivity contribution is -0.149. The standard InChI is InChI=1S/C25H29NO6/c1-5-30-25(27)14(2)22-16-6-7-19(28-3)24(29-4)18(16)12-26-9-8-15-10-20-21(32-13-31-20)11-17(15)23(22)26/h6-7,10-11,14,22-23H,5,8-9,12-13H2,1-4H3. The van der Waals surface area contributed by atoms with Gasteiger partial charge in [0.25, 0.3) is 0 Å². The summed E-state index contributed by atoms with van der Waals surface area (Å²) < 4.78 is 28.1. The summed E-state index contributed by atoms with van der Waals surface area (Å²) >= 11 is 0. The number of fused-ring (bicyclic) bond motifs is 5. The lowest BCUT2D eigenvalue weighted by Gasteiger charge is -2.47. The number of nitrogens with zero attached hydrogens (tertiary/aromatic N) is 1. The highest BCUT2D eigenvalue weighted by atomic mass is 16.7. The van der Waals surface area contributed by atoms with E-state index in [9.17, 15) is 4.79 Å². The van der Waals surface area contributed by atoms with Gasteiger partial charge in [-0.25, -0.2) is 0 Å². The maximum Gasteiger partial charge on any atom is 0.309 e. The molecule has 2 aromatic carbocycles. The van der Waals surface area contributed by atoms with E-state index in [1.807, 2.05) is 19.9 Å². The van der Waals surface area contributed by atoms with Crippen molar-refractivity contribution in [3.8, 4) is 23.0 Å². The van der Waals surface area contributed by atoms with Crippen molar-refractivity contribution in [2.75, 3.05) is 34.2 Å². The molecule has 3 heterocycles. The molecule has 32 heavy (non-hydrogen) atoms. The summed E-state index contributed by atoms with van der Waals surface area (Å²) in [5, 5.41) is 0. The Morgan fingerprint density at radius 2 is 1.94 bits per heavy atom. The van der Waals surface area contributed by atoms with E-state index in [-0.39, 0.29) is 30.6 Å². The van der Waals surface area contributed by atoms with Gasteiger partial charge in [0.1, 0.15) is 0 Å². The van der Waals surface area contributed by atoms with Gasteiger partial charge >= 0.3 is 5.97 Å². The number of ether oxygens (including phenoxy) is 5. The van der Waals surface area contributed by atoms with Gasteiger partial charge in [-0.15, -0.1) is 0 Å². The quantitative estimate of drug-likeness (QED) is 0.656. The van der Waals surface area contributed by atoms with Crippen LogP contribution in [0.4, 0.5) is 0 Å². The number of methoxy groups -OCH3 is 2. The summed E-state index contributed by atoms with van der Waals surface area (Å²) in [4.78, 5) is 15.4. The number of rotatable bonds is 5. The van der Waals surface area contributed by atoms with Crippen molar-refractivity contribution in [3.05, 3.63) is 46.5 Å². The number of benzene rings is 2. The first kappa shape index (κ1) is 20.9. The summed E-state index contributed by atoms with van der Waals surface area (Å²) in [5.41, 5.74) is 4.63. The molecule has 0 radical (unpaired) electrons. The van der Waals surface area contributed by atoms with Crippen LogP contribution in [0.25, 0.3) is 0 Å². The zero-order valence-corrected chi connectivity index (χ0v) is 19.0. The topological polar surface area (TPSA) is 66.5 Å². The van der Waals surface area contributed by atoms with E-state index < -0.39 is 0 Å². The van der Waals surface area contributed by atoms with Crippen LogP contribution in [-0.4, -0.2) is 45.0 Å². The maximum atomic E-state index is 13.0. The van der Waals surface area contributed by atoms with Crippen LogP contribution < -0.4 is 18.9 Å². The summed E-state index contributed by atoms with van der Waals surface area (Å²) in [5.74, 6) is 2.39. The minimum absolute atomic E-state index is 0.0262. The van der Waals surface area contributed by atoms with Gasteiger partial charge in [-0.3, -0.25) is 9.69 Å². The molecule has 0 bridgehead atoms. The van der Waals surface area contributed by atoms with Crippen molar-refractivity contribution in [1.82, 2.24) is 4.90 Å². The van der Waals surface area contributed by atoms with Gasteiger partial charge in [0.15, 0.2) is 23.0 Å². The largest absolute Gasteiger partial charge is 0.493 e. The molecule has 0 amide bonds. The molecular weight excluding hydrogens is 410 g/mol. The summed E-state index contributed by atoms with van der Waals surface area (Å²) in [6.45, 7) is 6.01. The smallest absolute Gasteiger partial charge is 0.309 e. The lowest BCUT2D eigenvalue weighted by Crippen LogP contribution is -2.44. The number of carbonyl (C=O) groups is 1. The van der Waals surface area contributed by atoms with Crippen molar-refractivity contribution in [1.29, 1.82) is 0 Å². The van der Waals surface area contributed by atoms with Crippen LogP contribution in [0.1, 0.15) is 48.1 Å². The maximum absolute atomic E-state index is 13.0. The summed E-state index contributed by atoms with van der Waals surface area (Å²) in [6, 6.07) is 8.24. The van der Waals surface area contributed by atoms with Crippen LogP contribution >= 0.6 is 0 Å². The number of hydrogen-bond donors (Lipinski definition) is 0. The highest BCUT2D eigenvalue weighted by Gasteiger charge is 2.45. The molecule has 0 spiro atoms. The first-order valence-electron chi connectivity index (χ1n) is 11.1. The number of hydrogen-bond acceptors (Lipinski definition) is 7. The first-order chi connectivity index (χ1) is 15.6. The van der Waals surface area contributed by atoms with Crippen LogP contribution in [0.3, 0.4) is 0 Å². The molecule has 0 N–H and O–H groups in total. The first-order valence-corrected chi connectivity index (χ1v) is 11.1. The van der Waals surface area contributed by atoms with Gasteiger partial charge in [-0.05, 0) is 48.2 Å². The molecule has 0 saturated heterocycles. The second-order valence-corrected chi connectivity index (χ2v) is 8.50. The predicted molar refractivity (Wildman–Crippen MR) is 118 cm³/mol. The predicted octanol–water partition coefficient (Wildman–Crippen LogP) is 3.83. The van der Waals surface area contributed by atoms with Crippen molar-refractivity contribution in [2.45, 2.75) is 38.8 Å². The molecule has 7 heteroatoms. The SMILES string of the molecule is CCOC(=O)C(C)C1c2ccc(OC)c(OC)c2CN2CCc3cc4c(cc3C12)OCO4. The molecule has 0 saturated carbocycles. The van der Waals surface area contributed by atoms with E-state index in [0.29, 0.717) is 12.4 Å². The molecule has 3 aliphatic heterocycles. The third-order valence-corrected chi connectivity index (χ3v) is 6.96. The van der Waals surface area contributed by atoms with Crippen molar-refractivity contribution in [2.24, 2.45) is 5.92 Å². The highest BCUT2D eigenvalue weighted by molar-refractivity contribution is 5.74. The third kappa shape index (κ3) is 3.18. The Morgan fingerprint density at radius 1 is 1.16 bits per heavy atom. The number of esters is 1. The van der Waals surface area contributed by atoms with Gasteiger partial charge in [-0.1, -0.05) is 13.0 Å². The Kier molecular flexibility index (Phi) is 5.37. The summed E-state index contributed by atoms with van der Waals surface area (Å²) in [6.07, 6.45) is 0.907. The minimum Gasteiger partial charge on any atom is -0.493 e. The highest BCUT2D eigenvalue weighted by Crippen LogP contribution is 2.54. The van der Waals surface area contributed by atoms with Crippen LogP contribution in [0.15, 0.2) is 24.3 Å². The fourth-order valence-corrected chi connectivity index (χ4v) is 5.51. The van der Waals surface area contributed by atoms with E-state index in [2.05, 4.69) is 23.1 Å². The molecule has 3 aliphatic rings. The Hall–Kier alpha value is -2.93. The zero-order valence-electron chi connectivity index (χ0n) is 19.0. The molecular formula is C25H29NO6. The van der Waals surface area contributed by atoms with Crippen LogP contribution in [0, 0.1) is 5.92 Å². The number of carbonyl (C=O) groups excluding carboxylic acids is 1. The average Bonchev–Trinajstić information content (AvgIpc) is 3.27. The Morgan fingerprint density at radius 3 is 2.66 bits per heavy atom. The van der Waals surface area contributed by atoms with Crippen molar-refractivity contribution < 1.29 is 28.5 Å². The molecule has 0 aliphatic carbocycles. The average molecular weight is 440 g/mol. The fourth-order valence-electron chi connectivity index (χ4n) is 5.51. The van der Waals surface area contributed by atoms with E-state index in [1.54, 1.807) is 14.2 Å². The van der Waals surface area contributed by atoms with E-state index in [4.69, 9.17) is 23.7 Å². The Bertz CT molecular complexity index is 1050. The Labute approximate surface area is 188 Å². The van der Waals surface area contributed by atoms with Crippen molar-refractivity contribution in [3.63, 3.8) is 0 Å². The van der Waals surface area contributed by atoms with Gasteiger partial charge in [0, 0.05) is 30.6 Å². The van der Waals surface area contributed by atoms with E-state index in [1.165, 1.54) is 11.1 Å². The molecule has 3 unspecified atom stereocenters. The van der Waals surface area contributed by atoms with Crippen LogP contribution in [0.5, 0.6) is 23.0 Å². The lowest BCUT2D eigenvalue weighted by atomic mass is 9.71. The zero-order chi connectivity index (χ0) is 22.4. The van der Waals surface area contributed by atoms with Gasteiger partial charge in [0.05, 0.1) is 26.7 Å². The molecule has 2 aromatic rings. The van der Waals surface area contributed by atoms with E-state index in [0.717, 1.165) is 47.9 Å². The monoisotopic (exact) mass is 439 g/mol. The summed E-state index contributed by atoms with van der Waals surface area (Å²) in [7, 11) is 3.31. The van der Waals surface area contributed by atoms with E-state index >= 15 is 0 Å². The molecule has 7 nitrogen and oxygen atoms in total. The fraction of sp³-hybridized carbons (Fsp3) is 0.480. The molecule has 0 fully saturated rings. The molecule has 170 valence electrons. The van der Waals surface area contributed by atoms with Crippen LogP contribution in [-0.2, 0) is 22.5 Å². The Balaban J connectivity index is 1.68. The second-order valence-electron chi connectivity index (χ2n) is 8.50. The normalized spacial score (nSPS) is 21.8. The minimum atomic E-state index is -0.337. The second kappa shape index (κ2) is 8.20. The third-order valence-electron chi connectivity index (χ3n) is 6.96. The van der Waals surface area contributed by atoms with Gasteiger partial charge in [-0.2, -0.15) is 0 Å². The molecule has 0 aromatic heterocycles. The molecule has 3 atom stereocenters. The molecule has 5 rings (SSSR count).